The van der Waals surface area contributed by atoms with E-state index in [-0.39, 0.29) is 5.91 Å². The fraction of sp³-hybridized carbons (Fsp3) is 0.238. The number of ether oxygens (including phenoxy) is 1. The van der Waals surface area contributed by atoms with Gasteiger partial charge in [0.15, 0.2) is 6.10 Å². The van der Waals surface area contributed by atoms with E-state index in [4.69, 9.17) is 4.74 Å². The fourth-order valence-electron chi connectivity index (χ4n) is 2.90. The summed E-state index contributed by atoms with van der Waals surface area (Å²) < 4.78 is 5.71. The number of rotatable bonds is 4. The van der Waals surface area contributed by atoms with E-state index < -0.39 is 6.10 Å². The van der Waals surface area contributed by atoms with Crippen molar-refractivity contribution in [3.63, 3.8) is 0 Å². The van der Waals surface area contributed by atoms with Gasteiger partial charge in [-0.15, -0.1) is 0 Å². The molecule has 0 saturated carbocycles. The molecule has 4 nitrogen and oxygen atoms in total. The number of aromatic nitrogens is 1. The van der Waals surface area contributed by atoms with Crippen LogP contribution in [0, 0.1) is 20.8 Å². The zero-order chi connectivity index (χ0) is 18.0. The average molecular weight is 334 g/mol. The normalized spacial score (nSPS) is 12.0. The second-order valence-corrected chi connectivity index (χ2v) is 6.35. The Morgan fingerprint density at radius 2 is 1.80 bits per heavy atom. The number of nitrogens with one attached hydrogen (secondary N) is 1. The molecule has 128 valence electrons. The molecule has 2 aromatic carbocycles. The van der Waals surface area contributed by atoms with E-state index in [0.717, 1.165) is 33.4 Å². The Bertz CT molecular complexity index is 920. The monoisotopic (exact) mass is 334 g/mol. The van der Waals surface area contributed by atoms with Crippen molar-refractivity contribution in [2.45, 2.75) is 33.8 Å². The molecule has 0 aliphatic carbocycles. The Morgan fingerprint density at radius 1 is 1.08 bits per heavy atom. The van der Waals surface area contributed by atoms with Gasteiger partial charge in [0, 0.05) is 11.1 Å². The molecule has 3 rings (SSSR count). The molecule has 0 spiro atoms. The lowest BCUT2D eigenvalue weighted by atomic mass is 10.0. The van der Waals surface area contributed by atoms with Gasteiger partial charge in [0.05, 0.1) is 11.2 Å². The zero-order valence-electron chi connectivity index (χ0n) is 15.0. The highest BCUT2D eigenvalue weighted by molar-refractivity contribution is 6.03. The summed E-state index contributed by atoms with van der Waals surface area (Å²) in [7, 11) is 0. The molecule has 1 N–H and O–H groups in total. The molecule has 25 heavy (non-hydrogen) atoms. The van der Waals surface area contributed by atoms with Gasteiger partial charge in [0.2, 0.25) is 0 Å². The van der Waals surface area contributed by atoms with Crippen LogP contribution in [0.5, 0.6) is 5.75 Å². The molecule has 1 heterocycles. The van der Waals surface area contributed by atoms with Gasteiger partial charge in [-0.25, -0.2) is 0 Å². The van der Waals surface area contributed by atoms with Crippen LogP contribution in [-0.4, -0.2) is 17.0 Å². The Balaban J connectivity index is 1.88. The lowest BCUT2D eigenvalue weighted by Crippen LogP contribution is -2.30. The lowest BCUT2D eigenvalue weighted by Gasteiger charge is -2.16. The van der Waals surface area contributed by atoms with E-state index >= 15 is 0 Å². The van der Waals surface area contributed by atoms with Crippen molar-refractivity contribution in [2.24, 2.45) is 0 Å². The van der Waals surface area contributed by atoms with Gasteiger partial charge in [-0.3, -0.25) is 9.78 Å². The number of carbonyl (C=O) groups excluding carboxylic acids is 1. The smallest absolute Gasteiger partial charge is 0.265 e. The van der Waals surface area contributed by atoms with Gasteiger partial charge in [0.25, 0.3) is 5.91 Å². The summed E-state index contributed by atoms with van der Waals surface area (Å²) in [4.78, 5) is 17.2. The van der Waals surface area contributed by atoms with E-state index in [9.17, 15) is 4.79 Å². The largest absolute Gasteiger partial charge is 0.481 e. The first-order chi connectivity index (χ1) is 11.9. The molecule has 1 atom stereocenters. The first kappa shape index (κ1) is 17.0. The molecule has 0 aliphatic heterocycles. The predicted octanol–water partition coefficient (Wildman–Crippen LogP) is 4.57. The number of fused-ring (bicyclic) bond motifs is 1. The zero-order valence-corrected chi connectivity index (χ0v) is 15.0. The summed E-state index contributed by atoms with van der Waals surface area (Å²) in [6.45, 7) is 7.75. The molecule has 1 unspecified atom stereocenters. The third kappa shape index (κ3) is 3.79. The number of pyridine rings is 1. The molecule has 0 bridgehead atoms. The van der Waals surface area contributed by atoms with Crippen LogP contribution in [0.25, 0.3) is 10.9 Å². The van der Waals surface area contributed by atoms with E-state index in [1.807, 2.05) is 63.2 Å². The Labute approximate surface area is 147 Å². The van der Waals surface area contributed by atoms with Crippen molar-refractivity contribution >= 4 is 22.5 Å². The van der Waals surface area contributed by atoms with Gasteiger partial charge >= 0.3 is 0 Å². The molecule has 0 saturated heterocycles. The number of hydrogen-bond donors (Lipinski definition) is 1. The summed E-state index contributed by atoms with van der Waals surface area (Å²) in [5.41, 5.74) is 4.79. The quantitative estimate of drug-likeness (QED) is 0.760. The number of benzene rings is 2. The predicted molar refractivity (Wildman–Crippen MR) is 101 cm³/mol. The van der Waals surface area contributed by atoms with Gasteiger partial charge < -0.3 is 10.1 Å². The van der Waals surface area contributed by atoms with Crippen LogP contribution in [0.15, 0.2) is 48.5 Å². The van der Waals surface area contributed by atoms with E-state index in [1.54, 1.807) is 6.92 Å². The van der Waals surface area contributed by atoms with Crippen LogP contribution in [-0.2, 0) is 4.79 Å². The minimum atomic E-state index is -0.600. The van der Waals surface area contributed by atoms with E-state index in [1.165, 1.54) is 0 Å². The van der Waals surface area contributed by atoms with Crippen molar-refractivity contribution in [3.05, 3.63) is 65.4 Å². The van der Waals surface area contributed by atoms with Crippen LogP contribution in [0.2, 0.25) is 0 Å². The standard InChI is InChI=1S/C21H22N2O2/c1-13-10-14(2)20-18(11-13)19(12-15(3)22-20)23-21(24)16(4)25-17-8-6-5-7-9-17/h5-12,16H,1-4H3,(H,22,23,24). The topological polar surface area (TPSA) is 51.2 Å². The maximum atomic E-state index is 12.6. The summed E-state index contributed by atoms with van der Waals surface area (Å²) >= 11 is 0. The van der Waals surface area contributed by atoms with Crippen molar-refractivity contribution in [3.8, 4) is 5.75 Å². The highest BCUT2D eigenvalue weighted by atomic mass is 16.5. The van der Waals surface area contributed by atoms with Crippen LogP contribution in [0.1, 0.15) is 23.7 Å². The Morgan fingerprint density at radius 3 is 2.52 bits per heavy atom. The molecule has 4 heteroatoms. The average Bonchev–Trinajstić information content (AvgIpc) is 2.56. The van der Waals surface area contributed by atoms with Gasteiger partial charge in [-0.1, -0.05) is 29.8 Å². The number of anilines is 1. The minimum absolute atomic E-state index is 0.185. The molecule has 1 amide bonds. The summed E-state index contributed by atoms with van der Waals surface area (Å²) in [6.07, 6.45) is -0.600. The molecule has 0 fully saturated rings. The summed E-state index contributed by atoms with van der Waals surface area (Å²) in [5, 5.41) is 3.94. The number of aryl methyl sites for hydroxylation is 3. The number of carbonyl (C=O) groups is 1. The van der Waals surface area contributed by atoms with Crippen molar-refractivity contribution in [1.29, 1.82) is 0 Å². The Kier molecular flexibility index (Phi) is 4.70. The molecular weight excluding hydrogens is 312 g/mol. The van der Waals surface area contributed by atoms with Gasteiger partial charge in [0.1, 0.15) is 5.75 Å². The third-order valence-electron chi connectivity index (χ3n) is 4.06. The molecule has 3 aromatic rings. The second-order valence-electron chi connectivity index (χ2n) is 6.35. The van der Waals surface area contributed by atoms with E-state index in [0.29, 0.717) is 5.75 Å². The van der Waals surface area contributed by atoms with Crippen LogP contribution >= 0.6 is 0 Å². The van der Waals surface area contributed by atoms with Crippen molar-refractivity contribution in [2.75, 3.05) is 5.32 Å². The highest BCUT2D eigenvalue weighted by Crippen LogP contribution is 2.27. The highest BCUT2D eigenvalue weighted by Gasteiger charge is 2.17. The van der Waals surface area contributed by atoms with Crippen LogP contribution in [0.3, 0.4) is 0 Å². The number of amides is 1. The molecule has 0 radical (unpaired) electrons. The molecular formula is C21H22N2O2. The molecule has 1 aromatic heterocycles. The SMILES string of the molecule is Cc1cc(C)c2nc(C)cc(NC(=O)C(C)Oc3ccccc3)c2c1. The summed E-state index contributed by atoms with van der Waals surface area (Å²) in [5.74, 6) is 0.488. The van der Waals surface area contributed by atoms with Gasteiger partial charge in [-0.2, -0.15) is 0 Å². The minimum Gasteiger partial charge on any atom is -0.481 e. The number of hydrogen-bond acceptors (Lipinski definition) is 3. The number of para-hydroxylation sites is 1. The van der Waals surface area contributed by atoms with Crippen molar-refractivity contribution in [1.82, 2.24) is 4.98 Å². The second kappa shape index (κ2) is 6.93. The van der Waals surface area contributed by atoms with Gasteiger partial charge in [-0.05, 0) is 57.5 Å². The first-order valence-electron chi connectivity index (χ1n) is 8.35. The number of nitrogens with zero attached hydrogens (tertiary/aromatic N) is 1. The molecule has 0 aliphatic rings. The van der Waals surface area contributed by atoms with Crippen LogP contribution < -0.4 is 10.1 Å². The lowest BCUT2D eigenvalue weighted by molar-refractivity contribution is -0.122. The van der Waals surface area contributed by atoms with E-state index in [2.05, 4.69) is 16.4 Å². The third-order valence-corrected chi connectivity index (χ3v) is 4.06. The van der Waals surface area contributed by atoms with Crippen molar-refractivity contribution < 1.29 is 9.53 Å². The summed E-state index contributed by atoms with van der Waals surface area (Å²) in [6, 6.07) is 15.4. The maximum Gasteiger partial charge on any atom is 0.265 e. The Hall–Kier alpha value is -2.88. The first-order valence-corrected chi connectivity index (χ1v) is 8.35. The van der Waals surface area contributed by atoms with Crippen LogP contribution in [0.4, 0.5) is 5.69 Å². The maximum absolute atomic E-state index is 12.6. The fourth-order valence-corrected chi connectivity index (χ4v) is 2.90.